The highest BCUT2D eigenvalue weighted by Gasteiger charge is 2.07. The number of nitrogens with zero attached hydrogens (tertiary/aromatic N) is 1. The molecule has 0 aliphatic heterocycles. The van der Waals surface area contributed by atoms with Crippen molar-refractivity contribution in [1.82, 2.24) is 4.90 Å². The van der Waals surface area contributed by atoms with E-state index < -0.39 is 5.82 Å². The van der Waals surface area contributed by atoms with E-state index >= 15 is 0 Å². The zero-order valence-corrected chi connectivity index (χ0v) is 11.7. The van der Waals surface area contributed by atoms with Crippen molar-refractivity contribution < 1.29 is 8.78 Å². The van der Waals surface area contributed by atoms with Gasteiger partial charge in [-0.05, 0) is 48.5 Å². The van der Waals surface area contributed by atoms with Crippen LogP contribution in [-0.2, 0) is 13.1 Å². The van der Waals surface area contributed by atoms with Crippen molar-refractivity contribution >= 4 is 5.84 Å². The number of hydrogen-bond donors (Lipinski definition) is 2. The molecule has 5 heteroatoms. The van der Waals surface area contributed by atoms with Crippen LogP contribution >= 0.6 is 0 Å². The van der Waals surface area contributed by atoms with Crippen LogP contribution in [0, 0.1) is 17.0 Å². The Morgan fingerprint density at radius 2 is 1.71 bits per heavy atom. The number of halogens is 2. The lowest BCUT2D eigenvalue weighted by Crippen LogP contribution is -2.18. The second-order valence-corrected chi connectivity index (χ2v) is 5.06. The molecular weight excluding hydrogens is 272 g/mol. The summed E-state index contributed by atoms with van der Waals surface area (Å²) in [7, 11) is 1.86. The van der Waals surface area contributed by atoms with E-state index in [2.05, 4.69) is 0 Å². The van der Waals surface area contributed by atoms with Crippen molar-refractivity contribution in [2.45, 2.75) is 13.1 Å². The van der Waals surface area contributed by atoms with Gasteiger partial charge in [0.15, 0.2) is 0 Å². The third-order valence-electron chi connectivity index (χ3n) is 3.06. The zero-order chi connectivity index (χ0) is 15.4. The SMILES string of the molecule is CN(Cc1cccc(F)c1)Cc1cc(F)cc(C(=N)N)c1. The predicted molar refractivity (Wildman–Crippen MR) is 79.0 cm³/mol. The van der Waals surface area contributed by atoms with Gasteiger partial charge < -0.3 is 5.73 Å². The molecule has 3 nitrogen and oxygen atoms in total. The normalized spacial score (nSPS) is 10.9. The van der Waals surface area contributed by atoms with Crippen LogP contribution in [0.2, 0.25) is 0 Å². The Hall–Kier alpha value is -2.27. The monoisotopic (exact) mass is 289 g/mol. The summed E-state index contributed by atoms with van der Waals surface area (Å²) < 4.78 is 26.6. The summed E-state index contributed by atoms with van der Waals surface area (Å²) >= 11 is 0. The van der Waals surface area contributed by atoms with Gasteiger partial charge in [0, 0.05) is 18.7 Å². The van der Waals surface area contributed by atoms with Gasteiger partial charge in [-0.25, -0.2) is 8.78 Å². The number of hydrogen-bond acceptors (Lipinski definition) is 2. The Balaban J connectivity index is 2.09. The summed E-state index contributed by atoms with van der Waals surface area (Å²) in [6.45, 7) is 1.03. The first-order valence-electron chi connectivity index (χ1n) is 6.51. The second kappa shape index (κ2) is 6.45. The average molecular weight is 289 g/mol. The lowest BCUT2D eigenvalue weighted by Gasteiger charge is -2.17. The molecule has 3 N–H and O–H groups in total. The first-order valence-corrected chi connectivity index (χ1v) is 6.51. The minimum absolute atomic E-state index is 0.163. The first-order chi connectivity index (χ1) is 9.94. The molecule has 0 saturated heterocycles. The van der Waals surface area contributed by atoms with Gasteiger partial charge in [0.1, 0.15) is 17.5 Å². The van der Waals surface area contributed by atoms with Crippen molar-refractivity contribution in [3.8, 4) is 0 Å². The van der Waals surface area contributed by atoms with E-state index in [-0.39, 0.29) is 11.7 Å². The average Bonchev–Trinajstić information content (AvgIpc) is 2.37. The van der Waals surface area contributed by atoms with Gasteiger partial charge in [0.05, 0.1) is 0 Å². The van der Waals surface area contributed by atoms with Gasteiger partial charge >= 0.3 is 0 Å². The molecule has 2 rings (SSSR count). The molecule has 2 aromatic rings. The van der Waals surface area contributed by atoms with Gasteiger partial charge in [-0.15, -0.1) is 0 Å². The molecule has 0 radical (unpaired) electrons. The molecule has 0 bridgehead atoms. The smallest absolute Gasteiger partial charge is 0.124 e. The largest absolute Gasteiger partial charge is 0.384 e. The number of nitrogens with one attached hydrogen (secondary N) is 1. The summed E-state index contributed by atoms with van der Waals surface area (Å²) in [4.78, 5) is 1.94. The molecule has 0 atom stereocenters. The van der Waals surface area contributed by atoms with Gasteiger partial charge in [0.2, 0.25) is 0 Å². The second-order valence-electron chi connectivity index (χ2n) is 5.06. The molecular formula is C16H17F2N3. The summed E-state index contributed by atoms with van der Waals surface area (Å²) in [5.41, 5.74) is 7.32. The standard InChI is InChI=1S/C16H17F2N3/c1-21(9-11-3-2-4-14(17)6-11)10-12-5-13(16(19)20)8-15(18)7-12/h2-8H,9-10H2,1H3,(H3,19,20). The van der Waals surface area contributed by atoms with E-state index in [1.807, 2.05) is 18.0 Å². The lowest BCUT2D eigenvalue weighted by molar-refractivity contribution is 0.318. The van der Waals surface area contributed by atoms with Crippen LogP contribution in [0.15, 0.2) is 42.5 Å². The number of rotatable bonds is 5. The molecule has 0 amide bonds. The van der Waals surface area contributed by atoms with Crippen LogP contribution in [0.5, 0.6) is 0 Å². The Morgan fingerprint density at radius 1 is 1.05 bits per heavy atom. The molecule has 0 spiro atoms. The van der Waals surface area contributed by atoms with Crippen LogP contribution < -0.4 is 5.73 Å². The maximum atomic E-state index is 13.5. The third kappa shape index (κ3) is 4.36. The fraction of sp³-hybridized carbons (Fsp3) is 0.188. The summed E-state index contributed by atoms with van der Waals surface area (Å²) in [6, 6.07) is 10.7. The van der Waals surface area contributed by atoms with Crippen LogP contribution in [-0.4, -0.2) is 17.8 Å². The molecule has 0 heterocycles. The van der Waals surface area contributed by atoms with Crippen LogP contribution in [0.4, 0.5) is 8.78 Å². The van der Waals surface area contributed by atoms with Crippen LogP contribution in [0.25, 0.3) is 0 Å². The summed E-state index contributed by atoms with van der Waals surface area (Å²) in [5, 5.41) is 7.37. The first kappa shape index (κ1) is 15.1. The molecule has 0 aliphatic carbocycles. The highest BCUT2D eigenvalue weighted by molar-refractivity contribution is 5.95. The molecule has 2 aromatic carbocycles. The van der Waals surface area contributed by atoms with Crippen molar-refractivity contribution in [3.63, 3.8) is 0 Å². The van der Waals surface area contributed by atoms with E-state index in [9.17, 15) is 8.78 Å². The topological polar surface area (TPSA) is 53.1 Å². The number of nitrogen functional groups attached to an aromatic ring is 1. The van der Waals surface area contributed by atoms with E-state index in [4.69, 9.17) is 11.1 Å². The maximum absolute atomic E-state index is 13.5. The predicted octanol–water partition coefficient (Wildman–Crippen LogP) is 2.88. The molecule has 0 fully saturated rings. The third-order valence-corrected chi connectivity index (χ3v) is 3.06. The lowest BCUT2D eigenvalue weighted by atomic mass is 10.1. The summed E-state index contributed by atoms with van der Waals surface area (Å²) in [5.74, 6) is -0.856. The van der Waals surface area contributed by atoms with Crippen molar-refractivity contribution in [2.24, 2.45) is 5.73 Å². The molecule has 0 saturated carbocycles. The van der Waals surface area contributed by atoms with E-state index in [1.165, 1.54) is 24.3 Å². The Kier molecular flexibility index (Phi) is 4.65. The Bertz CT molecular complexity index is 656. The van der Waals surface area contributed by atoms with Crippen molar-refractivity contribution in [1.29, 1.82) is 5.41 Å². The maximum Gasteiger partial charge on any atom is 0.124 e. The Labute approximate surface area is 122 Å². The zero-order valence-electron chi connectivity index (χ0n) is 11.7. The van der Waals surface area contributed by atoms with Gasteiger partial charge in [0.25, 0.3) is 0 Å². The summed E-state index contributed by atoms with van der Waals surface area (Å²) in [6.07, 6.45) is 0. The molecule has 0 aromatic heterocycles. The quantitative estimate of drug-likeness (QED) is 0.657. The van der Waals surface area contributed by atoms with E-state index in [0.717, 1.165) is 11.1 Å². The fourth-order valence-electron chi connectivity index (χ4n) is 2.21. The highest BCUT2D eigenvalue weighted by atomic mass is 19.1. The van der Waals surface area contributed by atoms with Gasteiger partial charge in [-0.3, -0.25) is 10.3 Å². The van der Waals surface area contributed by atoms with Crippen molar-refractivity contribution in [2.75, 3.05) is 7.05 Å². The Morgan fingerprint density at radius 3 is 2.38 bits per heavy atom. The van der Waals surface area contributed by atoms with Crippen LogP contribution in [0.1, 0.15) is 16.7 Å². The number of nitrogens with two attached hydrogens (primary N) is 1. The van der Waals surface area contributed by atoms with Crippen molar-refractivity contribution in [3.05, 3.63) is 70.8 Å². The molecule has 0 unspecified atom stereocenters. The molecule has 110 valence electrons. The van der Waals surface area contributed by atoms with Crippen LogP contribution in [0.3, 0.4) is 0 Å². The number of amidine groups is 1. The highest BCUT2D eigenvalue weighted by Crippen LogP contribution is 2.13. The minimum Gasteiger partial charge on any atom is -0.384 e. The molecule has 0 aliphatic rings. The van der Waals surface area contributed by atoms with Gasteiger partial charge in [-0.2, -0.15) is 0 Å². The van der Waals surface area contributed by atoms with Gasteiger partial charge in [-0.1, -0.05) is 12.1 Å². The molecule has 21 heavy (non-hydrogen) atoms. The van der Waals surface area contributed by atoms with E-state index in [0.29, 0.717) is 18.7 Å². The number of benzene rings is 2. The fourth-order valence-corrected chi connectivity index (χ4v) is 2.21. The minimum atomic E-state index is -0.420. The van der Waals surface area contributed by atoms with E-state index in [1.54, 1.807) is 12.1 Å².